The topological polar surface area (TPSA) is 60.9 Å². The molecule has 5 nitrogen and oxygen atoms in total. The van der Waals surface area contributed by atoms with E-state index in [1.54, 1.807) is 0 Å². The maximum atomic E-state index is 12.4. The highest BCUT2D eigenvalue weighted by atomic mass is 16.4. The maximum absolute atomic E-state index is 12.4. The van der Waals surface area contributed by atoms with Crippen molar-refractivity contribution in [2.75, 3.05) is 31.6 Å². The predicted molar refractivity (Wildman–Crippen MR) is 81.5 cm³/mol. The number of amides is 1. The van der Waals surface area contributed by atoms with Crippen molar-refractivity contribution in [1.82, 2.24) is 4.90 Å². The molecule has 0 radical (unpaired) electrons. The third-order valence-corrected chi connectivity index (χ3v) is 3.75. The van der Waals surface area contributed by atoms with Crippen LogP contribution in [0.25, 0.3) is 0 Å². The van der Waals surface area contributed by atoms with Crippen LogP contribution < -0.4 is 4.90 Å². The summed E-state index contributed by atoms with van der Waals surface area (Å²) >= 11 is 0. The molecule has 1 heterocycles. The average molecular weight is 290 g/mol. The van der Waals surface area contributed by atoms with Gasteiger partial charge < -0.3 is 10.0 Å². The number of carbonyl (C=O) groups excluding carboxylic acids is 1. The molecule has 0 fully saturated rings. The monoisotopic (exact) mass is 290 g/mol. The molecule has 0 saturated carbocycles. The number of likely N-dealkylation sites (N-methyl/N-ethyl adjacent to an activating group) is 1. The first kappa shape index (κ1) is 15.5. The lowest BCUT2D eigenvalue weighted by molar-refractivity contribution is -0.137. The Morgan fingerprint density at radius 3 is 2.86 bits per heavy atom. The van der Waals surface area contributed by atoms with Crippen molar-refractivity contribution in [2.24, 2.45) is 0 Å². The molecular formula is C16H22N2O3. The zero-order valence-corrected chi connectivity index (χ0v) is 12.4. The van der Waals surface area contributed by atoms with E-state index in [1.807, 2.05) is 35.0 Å². The van der Waals surface area contributed by atoms with Crippen molar-refractivity contribution >= 4 is 17.6 Å². The minimum absolute atomic E-state index is 0.0833. The summed E-state index contributed by atoms with van der Waals surface area (Å²) in [4.78, 5) is 26.7. The van der Waals surface area contributed by atoms with Crippen molar-refractivity contribution in [3.05, 3.63) is 29.8 Å². The van der Waals surface area contributed by atoms with Crippen LogP contribution in [0.1, 0.15) is 24.8 Å². The zero-order valence-electron chi connectivity index (χ0n) is 12.4. The van der Waals surface area contributed by atoms with E-state index in [2.05, 4.69) is 6.07 Å². The Morgan fingerprint density at radius 1 is 1.33 bits per heavy atom. The third kappa shape index (κ3) is 4.29. The predicted octanol–water partition coefficient (Wildman–Crippen LogP) is 1.76. The highest BCUT2D eigenvalue weighted by molar-refractivity contribution is 5.95. The molecule has 0 unspecified atom stereocenters. The lowest BCUT2D eigenvalue weighted by Gasteiger charge is -2.31. The number of para-hydroxylation sites is 1. The van der Waals surface area contributed by atoms with Gasteiger partial charge in [-0.2, -0.15) is 0 Å². The van der Waals surface area contributed by atoms with Gasteiger partial charge in [-0.3, -0.25) is 14.5 Å². The molecule has 0 aliphatic carbocycles. The smallest absolute Gasteiger partial charge is 0.303 e. The molecule has 5 heteroatoms. The van der Waals surface area contributed by atoms with Crippen LogP contribution in [-0.2, 0) is 16.0 Å². The molecule has 1 aromatic rings. The van der Waals surface area contributed by atoms with E-state index < -0.39 is 5.97 Å². The molecule has 1 aliphatic rings. The second kappa shape index (κ2) is 7.22. The Morgan fingerprint density at radius 2 is 2.10 bits per heavy atom. The summed E-state index contributed by atoms with van der Waals surface area (Å²) in [5.74, 6) is -0.709. The van der Waals surface area contributed by atoms with Crippen LogP contribution in [0.15, 0.2) is 24.3 Å². The fraction of sp³-hybridized carbons (Fsp3) is 0.500. The van der Waals surface area contributed by atoms with Crippen molar-refractivity contribution < 1.29 is 14.7 Å². The van der Waals surface area contributed by atoms with Crippen LogP contribution >= 0.6 is 0 Å². The number of rotatable bonds is 6. The van der Waals surface area contributed by atoms with Gasteiger partial charge in [-0.05, 0) is 44.5 Å². The molecule has 0 aromatic heterocycles. The third-order valence-electron chi connectivity index (χ3n) is 3.75. The molecule has 2 rings (SSSR count). The maximum Gasteiger partial charge on any atom is 0.303 e. The fourth-order valence-corrected chi connectivity index (χ4v) is 2.69. The van der Waals surface area contributed by atoms with Gasteiger partial charge in [-0.25, -0.2) is 0 Å². The number of hydrogen-bond donors (Lipinski definition) is 1. The second-order valence-corrected chi connectivity index (χ2v) is 5.51. The van der Waals surface area contributed by atoms with E-state index in [4.69, 9.17) is 5.11 Å². The zero-order chi connectivity index (χ0) is 15.2. The van der Waals surface area contributed by atoms with Gasteiger partial charge in [0.2, 0.25) is 5.91 Å². The fourth-order valence-electron chi connectivity index (χ4n) is 2.69. The molecule has 0 bridgehead atoms. The van der Waals surface area contributed by atoms with E-state index in [-0.39, 0.29) is 12.3 Å². The first-order chi connectivity index (χ1) is 10.1. The minimum atomic E-state index is -0.792. The quantitative estimate of drug-likeness (QED) is 0.867. The number of benzene rings is 1. The number of carbonyl (C=O) groups is 2. The number of aryl methyl sites for hydroxylation is 1. The summed E-state index contributed by atoms with van der Waals surface area (Å²) in [6.07, 6.45) is 2.72. The normalized spacial score (nSPS) is 14.1. The van der Waals surface area contributed by atoms with Gasteiger partial charge >= 0.3 is 5.97 Å². The Kier molecular flexibility index (Phi) is 5.33. The Labute approximate surface area is 125 Å². The van der Waals surface area contributed by atoms with Crippen LogP contribution in [0.2, 0.25) is 0 Å². The van der Waals surface area contributed by atoms with Crippen molar-refractivity contribution in [2.45, 2.75) is 25.7 Å². The molecule has 114 valence electrons. The molecule has 1 amide bonds. The van der Waals surface area contributed by atoms with Gasteiger partial charge in [-0.1, -0.05) is 18.2 Å². The summed E-state index contributed by atoms with van der Waals surface area (Å²) in [7, 11) is 1.86. The van der Waals surface area contributed by atoms with Crippen LogP contribution in [-0.4, -0.2) is 48.6 Å². The first-order valence-electron chi connectivity index (χ1n) is 7.36. The number of carboxylic acid groups (broad SMARTS) is 1. The summed E-state index contributed by atoms with van der Waals surface area (Å²) < 4.78 is 0. The van der Waals surface area contributed by atoms with E-state index >= 15 is 0 Å². The second-order valence-electron chi connectivity index (χ2n) is 5.51. The SMILES string of the molecule is CN(CCCC(=O)O)CC(=O)N1CCCc2ccccc21. The van der Waals surface area contributed by atoms with Crippen LogP contribution in [0.4, 0.5) is 5.69 Å². The largest absolute Gasteiger partial charge is 0.481 e. The number of anilines is 1. The average Bonchev–Trinajstić information content (AvgIpc) is 2.46. The van der Waals surface area contributed by atoms with Crippen LogP contribution in [0.3, 0.4) is 0 Å². The van der Waals surface area contributed by atoms with Crippen molar-refractivity contribution in [3.8, 4) is 0 Å². The number of carboxylic acids is 1. The van der Waals surface area contributed by atoms with E-state index in [9.17, 15) is 9.59 Å². The summed E-state index contributed by atoms with van der Waals surface area (Å²) in [6.45, 7) is 1.71. The van der Waals surface area contributed by atoms with Gasteiger partial charge in [0.1, 0.15) is 0 Å². The highest BCUT2D eigenvalue weighted by Crippen LogP contribution is 2.26. The molecule has 0 saturated heterocycles. The van der Waals surface area contributed by atoms with E-state index in [0.29, 0.717) is 19.5 Å². The lowest BCUT2D eigenvalue weighted by atomic mass is 10.0. The standard InChI is InChI=1S/C16H22N2O3/c1-17(10-5-9-16(20)21)12-15(19)18-11-4-7-13-6-2-3-8-14(13)18/h2-3,6,8H,4-5,7,9-12H2,1H3,(H,20,21). The van der Waals surface area contributed by atoms with Crippen molar-refractivity contribution in [1.29, 1.82) is 0 Å². The van der Waals surface area contributed by atoms with Gasteiger partial charge in [0.15, 0.2) is 0 Å². The van der Waals surface area contributed by atoms with Gasteiger partial charge in [0, 0.05) is 18.7 Å². The minimum Gasteiger partial charge on any atom is -0.481 e. The Hall–Kier alpha value is -1.88. The Bertz CT molecular complexity index is 516. The number of aliphatic carboxylic acids is 1. The van der Waals surface area contributed by atoms with E-state index in [0.717, 1.165) is 25.1 Å². The van der Waals surface area contributed by atoms with Crippen LogP contribution in [0, 0.1) is 0 Å². The molecule has 1 aromatic carbocycles. The van der Waals surface area contributed by atoms with Gasteiger partial charge in [0.25, 0.3) is 0 Å². The molecular weight excluding hydrogens is 268 g/mol. The molecule has 1 N–H and O–H groups in total. The number of hydrogen-bond acceptors (Lipinski definition) is 3. The summed E-state index contributed by atoms with van der Waals surface area (Å²) in [5, 5.41) is 8.63. The Balaban J connectivity index is 1.90. The summed E-state index contributed by atoms with van der Waals surface area (Å²) in [6, 6.07) is 8.04. The van der Waals surface area contributed by atoms with Gasteiger partial charge in [-0.15, -0.1) is 0 Å². The summed E-state index contributed by atoms with van der Waals surface area (Å²) in [5.41, 5.74) is 2.25. The number of nitrogens with zero attached hydrogens (tertiary/aromatic N) is 2. The highest BCUT2D eigenvalue weighted by Gasteiger charge is 2.22. The van der Waals surface area contributed by atoms with Gasteiger partial charge in [0.05, 0.1) is 6.54 Å². The number of fused-ring (bicyclic) bond motifs is 1. The molecule has 0 atom stereocenters. The first-order valence-corrected chi connectivity index (χ1v) is 7.36. The van der Waals surface area contributed by atoms with Crippen molar-refractivity contribution in [3.63, 3.8) is 0 Å². The lowest BCUT2D eigenvalue weighted by Crippen LogP contribution is -2.42. The van der Waals surface area contributed by atoms with Crippen LogP contribution in [0.5, 0.6) is 0 Å². The molecule has 0 spiro atoms. The molecule has 1 aliphatic heterocycles. The molecule has 21 heavy (non-hydrogen) atoms. The van der Waals surface area contributed by atoms with E-state index in [1.165, 1.54) is 5.56 Å².